The molecule has 3 nitrogen and oxygen atoms in total. The maximum absolute atomic E-state index is 13.1. The summed E-state index contributed by atoms with van der Waals surface area (Å²) in [4.78, 5) is 0. The fourth-order valence-electron chi connectivity index (χ4n) is 1.23. The first-order chi connectivity index (χ1) is 7.65. The van der Waals surface area contributed by atoms with E-state index < -0.39 is 20.4 Å². The summed E-state index contributed by atoms with van der Waals surface area (Å²) in [7, 11) is -3.37. The molecule has 0 atom stereocenters. The van der Waals surface area contributed by atoms with Gasteiger partial charge in [0.25, 0.3) is 0 Å². The van der Waals surface area contributed by atoms with E-state index in [-0.39, 0.29) is 11.3 Å². The van der Waals surface area contributed by atoms with Gasteiger partial charge in [-0.2, -0.15) is 5.26 Å². The van der Waals surface area contributed by atoms with Gasteiger partial charge in [-0.25, -0.2) is 12.8 Å². The van der Waals surface area contributed by atoms with Gasteiger partial charge in [-0.1, -0.05) is 0 Å². The molecular weight excluding hydrogens is 241 g/mol. The fourth-order valence-corrected chi connectivity index (χ4v) is 2.27. The normalized spacial score (nSPS) is 12.2. The second-order valence-corrected chi connectivity index (χ2v) is 7.57. The highest BCUT2D eigenvalue weighted by molar-refractivity contribution is 7.91. The minimum absolute atomic E-state index is 0.129. The maximum Gasteiger partial charge on any atom is 0.159 e. The van der Waals surface area contributed by atoms with Gasteiger partial charge < -0.3 is 0 Å². The van der Waals surface area contributed by atoms with Crippen molar-refractivity contribution in [3.63, 3.8) is 0 Å². The molecule has 0 saturated carbocycles. The Hall–Kier alpha value is -1.41. The summed E-state index contributed by atoms with van der Waals surface area (Å²) < 4.78 is 36.1. The van der Waals surface area contributed by atoms with E-state index in [1.807, 2.05) is 0 Å². The van der Waals surface area contributed by atoms with Crippen LogP contribution in [-0.2, 0) is 15.6 Å². The predicted octanol–water partition coefficient (Wildman–Crippen LogP) is 2.41. The van der Waals surface area contributed by atoms with Gasteiger partial charge in [-0.05, 0) is 44.5 Å². The van der Waals surface area contributed by atoms with E-state index in [2.05, 4.69) is 0 Å². The third-order valence-corrected chi connectivity index (χ3v) is 4.96. The second-order valence-electron chi connectivity index (χ2n) is 4.83. The van der Waals surface area contributed by atoms with Crippen molar-refractivity contribution < 1.29 is 12.8 Å². The van der Waals surface area contributed by atoms with Gasteiger partial charge in [-0.15, -0.1) is 0 Å². The maximum atomic E-state index is 13.1. The Morgan fingerprint density at radius 1 is 1.29 bits per heavy atom. The fraction of sp³-hybridized carbons (Fsp3) is 0.417. The number of nitrogens with zero attached hydrogens (tertiary/aromatic N) is 1. The SMILES string of the molecule is CC(C)(C)S(=O)(=O)Cc1cc(F)cc(C#N)c1. The molecule has 0 amide bonds. The van der Waals surface area contributed by atoms with Crippen molar-refractivity contribution >= 4 is 9.84 Å². The summed E-state index contributed by atoms with van der Waals surface area (Å²) in [6.07, 6.45) is 0. The number of sulfone groups is 1. The molecule has 1 rings (SSSR count). The number of benzene rings is 1. The van der Waals surface area contributed by atoms with Crippen molar-refractivity contribution in [1.29, 1.82) is 5.26 Å². The van der Waals surface area contributed by atoms with Gasteiger partial charge in [0.1, 0.15) is 5.82 Å². The average Bonchev–Trinajstić information content (AvgIpc) is 2.14. The first kappa shape index (κ1) is 13.7. The lowest BCUT2D eigenvalue weighted by Gasteiger charge is -2.19. The minimum atomic E-state index is -3.37. The molecular formula is C12H14FNO2S. The average molecular weight is 255 g/mol. The molecule has 0 saturated heterocycles. The minimum Gasteiger partial charge on any atom is -0.228 e. The van der Waals surface area contributed by atoms with E-state index in [0.717, 1.165) is 12.1 Å². The van der Waals surface area contributed by atoms with Crippen LogP contribution in [0.4, 0.5) is 4.39 Å². The van der Waals surface area contributed by atoms with Crippen LogP contribution >= 0.6 is 0 Å². The molecule has 0 aliphatic rings. The highest BCUT2D eigenvalue weighted by atomic mass is 32.2. The summed E-state index contributed by atoms with van der Waals surface area (Å²) in [5.41, 5.74) is 0.431. The summed E-state index contributed by atoms with van der Waals surface area (Å²) in [5.74, 6) is -0.855. The van der Waals surface area contributed by atoms with Crippen LogP contribution in [0, 0.1) is 17.1 Å². The Labute approximate surface area is 101 Å². The Bertz CT molecular complexity index is 565. The van der Waals surface area contributed by atoms with E-state index in [4.69, 9.17) is 5.26 Å². The molecule has 0 fully saturated rings. The van der Waals surface area contributed by atoms with E-state index in [1.54, 1.807) is 26.8 Å². The number of hydrogen-bond donors (Lipinski definition) is 0. The second kappa shape index (κ2) is 4.46. The highest BCUT2D eigenvalue weighted by Crippen LogP contribution is 2.21. The van der Waals surface area contributed by atoms with Crippen LogP contribution in [-0.4, -0.2) is 13.2 Å². The van der Waals surface area contributed by atoms with Gasteiger partial charge in [0.2, 0.25) is 0 Å². The first-order valence-electron chi connectivity index (χ1n) is 5.07. The largest absolute Gasteiger partial charge is 0.228 e. The van der Waals surface area contributed by atoms with Gasteiger partial charge in [0.05, 0.1) is 22.1 Å². The molecule has 0 spiro atoms. The van der Waals surface area contributed by atoms with Crippen LogP contribution < -0.4 is 0 Å². The standard InChI is InChI=1S/C12H14FNO2S/c1-12(2,3)17(15,16)8-10-4-9(7-14)5-11(13)6-10/h4-6H,8H2,1-3H3. The Morgan fingerprint density at radius 2 is 1.88 bits per heavy atom. The third-order valence-electron chi connectivity index (χ3n) is 2.38. The van der Waals surface area contributed by atoms with Crippen LogP contribution in [0.1, 0.15) is 31.9 Å². The van der Waals surface area contributed by atoms with Crippen LogP contribution in [0.15, 0.2) is 18.2 Å². The van der Waals surface area contributed by atoms with E-state index >= 15 is 0 Å². The van der Waals surface area contributed by atoms with Crippen molar-refractivity contribution in [2.75, 3.05) is 0 Å². The van der Waals surface area contributed by atoms with Gasteiger partial charge in [0.15, 0.2) is 9.84 Å². The van der Waals surface area contributed by atoms with Gasteiger partial charge in [-0.3, -0.25) is 0 Å². The van der Waals surface area contributed by atoms with Crippen molar-refractivity contribution in [2.24, 2.45) is 0 Å². The van der Waals surface area contributed by atoms with Crippen LogP contribution in [0.2, 0.25) is 0 Å². The molecule has 0 radical (unpaired) electrons. The van der Waals surface area contributed by atoms with Crippen molar-refractivity contribution in [1.82, 2.24) is 0 Å². The van der Waals surface area contributed by atoms with Crippen LogP contribution in [0.5, 0.6) is 0 Å². The zero-order chi connectivity index (χ0) is 13.3. The monoisotopic (exact) mass is 255 g/mol. The van der Waals surface area contributed by atoms with Crippen molar-refractivity contribution in [3.8, 4) is 6.07 Å². The molecule has 1 aromatic carbocycles. The zero-order valence-electron chi connectivity index (χ0n) is 9.99. The zero-order valence-corrected chi connectivity index (χ0v) is 10.8. The topological polar surface area (TPSA) is 57.9 Å². The highest BCUT2D eigenvalue weighted by Gasteiger charge is 2.29. The molecule has 0 unspecified atom stereocenters. The third kappa shape index (κ3) is 3.27. The number of nitriles is 1. The lowest BCUT2D eigenvalue weighted by Crippen LogP contribution is -2.29. The molecule has 92 valence electrons. The number of halogens is 1. The molecule has 1 aromatic rings. The van der Waals surface area contributed by atoms with Crippen LogP contribution in [0.25, 0.3) is 0 Å². The first-order valence-corrected chi connectivity index (χ1v) is 6.73. The molecule has 0 aromatic heterocycles. The molecule has 0 bridgehead atoms. The lowest BCUT2D eigenvalue weighted by atomic mass is 10.1. The van der Waals surface area contributed by atoms with E-state index in [0.29, 0.717) is 5.56 Å². The van der Waals surface area contributed by atoms with Crippen LogP contribution in [0.3, 0.4) is 0 Å². The summed E-state index contributed by atoms with van der Waals surface area (Å²) in [5, 5.41) is 8.68. The smallest absolute Gasteiger partial charge is 0.159 e. The quantitative estimate of drug-likeness (QED) is 0.815. The molecule has 0 heterocycles. The molecule has 5 heteroatoms. The van der Waals surface area contributed by atoms with Gasteiger partial charge >= 0.3 is 0 Å². The Morgan fingerprint density at radius 3 is 2.35 bits per heavy atom. The summed E-state index contributed by atoms with van der Waals surface area (Å²) in [6.45, 7) is 4.77. The van der Waals surface area contributed by atoms with Gasteiger partial charge in [0, 0.05) is 0 Å². The van der Waals surface area contributed by atoms with Crippen molar-refractivity contribution in [2.45, 2.75) is 31.3 Å². The number of hydrogen-bond acceptors (Lipinski definition) is 3. The van der Waals surface area contributed by atoms with E-state index in [1.165, 1.54) is 6.07 Å². The molecule has 17 heavy (non-hydrogen) atoms. The summed E-state index contributed by atoms with van der Waals surface area (Å²) in [6, 6.07) is 5.41. The Balaban J connectivity index is 3.14. The molecule has 0 aliphatic carbocycles. The predicted molar refractivity (Wildman–Crippen MR) is 63.5 cm³/mol. The van der Waals surface area contributed by atoms with E-state index in [9.17, 15) is 12.8 Å². The Kier molecular flexibility index (Phi) is 3.58. The molecule has 0 N–H and O–H groups in total. The lowest BCUT2D eigenvalue weighted by molar-refractivity contribution is 0.559. The van der Waals surface area contributed by atoms with Crippen molar-refractivity contribution in [3.05, 3.63) is 35.1 Å². The molecule has 0 aliphatic heterocycles. The number of rotatable bonds is 2. The summed E-state index contributed by atoms with van der Waals surface area (Å²) >= 11 is 0.